The van der Waals surface area contributed by atoms with Crippen molar-refractivity contribution in [1.82, 2.24) is 10.1 Å². The Balaban J connectivity index is 1.34. The van der Waals surface area contributed by atoms with Crippen molar-refractivity contribution in [3.8, 4) is 0 Å². The normalized spacial score (nSPS) is 11.1. The molecular weight excluding hydrogens is 370 g/mol. The van der Waals surface area contributed by atoms with Crippen LogP contribution in [0.4, 0.5) is 5.69 Å². The third-order valence-electron chi connectivity index (χ3n) is 4.71. The van der Waals surface area contributed by atoms with Gasteiger partial charge in [-0.2, -0.15) is 0 Å². The maximum Gasteiger partial charge on any atom is 0.224 e. The van der Waals surface area contributed by atoms with E-state index in [-0.39, 0.29) is 5.91 Å². The van der Waals surface area contributed by atoms with Crippen LogP contribution in [-0.2, 0) is 17.6 Å². The second-order valence-electron chi connectivity index (χ2n) is 6.80. The van der Waals surface area contributed by atoms with Crippen LogP contribution >= 0.6 is 11.3 Å². The zero-order chi connectivity index (χ0) is 19.5. The Hall–Kier alpha value is -2.99. The monoisotopic (exact) mass is 391 g/mol. The number of para-hydroxylation sites is 1. The van der Waals surface area contributed by atoms with Gasteiger partial charge in [-0.15, -0.1) is 11.3 Å². The lowest BCUT2D eigenvalue weighted by atomic mass is 10.1. The summed E-state index contributed by atoms with van der Waals surface area (Å²) in [5.41, 5.74) is 4.89. The number of nitrogens with one attached hydrogen (secondary N) is 1. The molecule has 0 fully saturated rings. The highest BCUT2D eigenvalue weighted by Crippen LogP contribution is 2.24. The first-order valence-corrected chi connectivity index (χ1v) is 10.0. The number of amides is 1. The zero-order valence-electron chi connectivity index (χ0n) is 15.9. The molecule has 4 rings (SSSR count). The summed E-state index contributed by atoms with van der Waals surface area (Å²) < 4.78 is 6.35. The number of hydrogen-bond acceptors (Lipinski definition) is 5. The van der Waals surface area contributed by atoms with Crippen molar-refractivity contribution in [2.45, 2.75) is 33.1 Å². The molecule has 1 N–H and O–H groups in total. The second-order valence-corrected chi connectivity index (χ2v) is 7.92. The topological polar surface area (TPSA) is 68.0 Å². The predicted molar refractivity (Wildman–Crippen MR) is 112 cm³/mol. The summed E-state index contributed by atoms with van der Waals surface area (Å²) in [5, 5.41) is 7.97. The molecule has 142 valence electrons. The highest BCUT2D eigenvalue weighted by Gasteiger charge is 2.11. The summed E-state index contributed by atoms with van der Waals surface area (Å²) in [5.74, 6) is 0.767. The van der Waals surface area contributed by atoms with E-state index >= 15 is 0 Å². The Morgan fingerprint density at radius 1 is 1.11 bits per heavy atom. The average molecular weight is 391 g/mol. The van der Waals surface area contributed by atoms with Crippen LogP contribution in [0.5, 0.6) is 0 Å². The maximum absolute atomic E-state index is 12.2. The minimum atomic E-state index is -0.0149. The highest BCUT2D eigenvalue weighted by molar-refractivity contribution is 7.18. The lowest BCUT2D eigenvalue weighted by molar-refractivity contribution is -0.116. The maximum atomic E-state index is 12.2. The number of aromatic nitrogens is 2. The van der Waals surface area contributed by atoms with E-state index in [1.165, 1.54) is 10.3 Å². The van der Waals surface area contributed by atoms with E-state index in [0.29, 0.717) is 12.8 Å². The molecule has 0 aliphatic rings. The number of thiazole rings is 1. The molecule has 0 saturated carbocycles. The fourth-order valence-corrected chi connectivity index (χ4v) is 4.20. The molecular formula is C22H21N3O2S. The first-order valence-electron chi connectivity index (χ1n) is 9.23. The first-order chi connectivity index (χ1) is 13.6. The lowest BCUT2D eigenvalue weighted by Crippen LogP contribution is -2.12. The van der Waals surface area contributed by atoms with Crippen LogP contribution in [0, 0.1) is 13.8 Å². The van der Waals surface area contributed by atoms with Crippen LogP contribution in [-0.4, -0.2) is 16.0 Å². The smallest absolute Gasteiger partial charge is 0.224 e. The van der Waals surface area contributed by atoms with Gasteiger partial charge < -0.3 is 9.84 Å². The first kappa shape index (κ1) is 18.4. The van der Waals surface area contributed by atoms with E-state index in [4.69, 9.17) is 4.52 Å². The molecule has 0 unspecified atom stereocenters. The van der Waals surface area contributed by atoms with E-state index in [0.717, 1.165) is 39.7 Å². The number of rotatable bonds is 6. The summed E-state index contributed by atoms with van der Waals surface area (Å²) in [6.07, 6.45) is 1.82. The van der Waals surface area contributed by atoms with Crippen molar-refractivity contribution < 1.29 is 9.32 Å². The summed E-state index contributed by atoms with van der Waals surface area (Å²) in [4.78, 5) is 16.9. The molecule has 6 heteroatoms. The molecule has 0 aliphatic heterocycles. The van der Waals surface area contributed by atoms with Gasteiger partial charge in [-0.05, 0) is 50.1 Å². The number of benzene rings is 2. The van der Waals surface area contributed by atoms with Crippen molar-refractivity contribution in [2.24, 2.45) is 0 Å². The average Bonchev–Trinajstić information content (AvgIpc) is 3.24. The van der Waals surface area contributed by atoms with Crippen LogP contribution in [0.3, 0.4) is 0 Å². The highest BCUT2D eigenvalue weighted by atomic mass is 32.1. The van der Waals surface area contributed by atoms with E-state index in [1.54, 1.807) is 11.3 Å². The molecule has 0 spiro atoms. The van der Waals surface area contributed by atoms with Crippen LogP contribution in [0.1, 0.15) is 34.0 Å². The van der Waals surface area contributed by atoms with Gasteiger partial charge >= 0.3 is 0 Å². The molecule has 4 aromatic rings. The Morgan fingerprint density at radius 2 is 1.89 bits per heavy atom. The SMILES string of the molecule is Cc1noc(C)c1CCC(=O)Nc1ccc(Cc2nc3ccccc3s2)cc1. The molecule has 0 bridgehead atoms. The van der Waals surface area contributed by atoms with E-state index in [1.807, 2.05) is 56.3 Å². The van der Waals surface area contributed by atoms with Crippen molar-refractivity contribution in [1.29, 1.82) is 0 Å². The van der Waals surface area contributed by atoms with Gasteiger partial charge in [-0.1, -0.05) is 29.4 Å². The second kappa shape index (κ2) is 7.94. The van der Waals surface area contributed by atoms with E-state index in [2.05, 4.69) is 21.5 Å². The third-order valence-corrected chi connectivity index (χ3v) is 5.75. The van der Waals surface area contributed by atoms with Crippen LogP contribution in [0.2, 0.25) is 0 Å². The van der Waals surface area contributed by atoms with Crippen molar-refractivity contribution in [3.63, 3.8) is 0 Å². The molecule has 2 aromatic heterocycles. The third kappa shape index (κ3) is 4.12. The van der Waals surface area contributed by atoms with Gasteiger partial charge in [-0.3, -0.25) is 4.79 Å². The molecule has 1 amide bonds. The number of carbonyl (C=O) groups excluding carboxylic acids is 1. The van der Waals surface area contributed by atoms with Crippen LogP contribution in [0.25, 0.3) is 10.2 Å². The number of nitrogens with zero attached hydrogens (tertiary/aromatic N) is 2. The van der Waals surface area contributed by atoms with Crippen LogP contribution < -0.4 is 5.32 Å². The van der Waals surface area contributed by atoms with Gasteiger partial charge in [0.15, 0.2) is 0 Å². The molecule has 2 heterocycles. The van der Waals surface area contributed by atoms with Crippen molar-refractivity contribution >= 4 is 33.1 Å². The van der Waals surface area contributed by atoms with Crippen molar-refractivity contribution in [3.05, 3.63) is 76.1 Å². The molecule has 0 aliphatic carbocycles. The summed E-state index contributed by atoms with van der Waals surface area (Å²) in [6, 6.07) is 16.1. The van der Waals surface area contributed by atoms with Crippen molar-refractivity contribution in [2.75, 3.05) is 5.32 Å². The van der Waals surface area contributed by atoms with Gasteiger partial charge in [0.25, 0.3) is 0 Å². The lowest BCUT2D eigenvalue weighted by Gasteiger charge is -2.06. The minimum absolute atomic E-state index is 0.0149. The van der Waals surface area contributed by atoms with Gasteiger partial charge in [0.1, 0.15) is 5.76 Å². The quantitative estimate of drug-likeness (QED) is 0.499. The number of fused-ring (bicyclic) bond motifs is 1. The molecule has 28 heavy (non-hydrogen) atoms. The molecule has 0 radical (unpaired) electrons. The fourth-order valence-electron chi connectivity index (χ4n) is 3.20. The Labute approximate surface area is 167 Å². The summed E-state index contributed by atoms with van der Waals surface area (Å²) >= 11 is 1.72. The fraction of sp³-hybridized carbons (Fsp3) is 0.227. The minimum Gasteiger partial charge on any atom is -0.361 e. The molecule has 2 aromatic carbocycles. The molecule has 0 saturated heterocycles. The largest absolute Gasteiger partial charge is 0.361 e. The van der Waals surface area contributed by atoms with Gasteiger partial charge in [0, 0.05) is 24.1 Å². The standard InChI is InChI=1S/C22H21N3O2S/c1-14-18(15(2)27-25-14)11-12-21(26)23-17-9-7-16(8-10-17)13-22-24-19-5-3-4-6-20(19)28-22/h3-10H,11-13H2,1-2H3,(H,23,26). The van der Waals surface area contributed by atoms with Gasteiger partial charge in [0.2, 0.25) is 5.91 Å². The summed E-state index contributed by atoms with van der Waals surface area (Å²) in [7, 11) is 0. The van der Waals surface area contributed by atoms with Crippen LogP contribution in [0.15, 0.2) is 53.1 Å². The van der Waals surface area contributed by atoms with E-state index in [9.17, 15) is 4.79 Å². The van der Waals surface area contributed by atoms with Gasteiger partial charge in [-0.25, -0.2) is 4.98 Å². The summed E-state index contributed by atoms with van der Waals surface area (Å²) in [6.45, 7) is 3.77. The Morgan fingerprint density at radius 3 is 2.61 bits per heavy atom. The predicted octanol–water partition coefficient (Wildman–Crippen LogP) is 5.06. The number of anilines is 1. The number of hydrogen-bond donors (Lipinski definition) is 1. The van der Waals surface area contributed by atoms with Gasteiger partial charge in [0.05, 0.1) is 20.9 Å². The molecule has 0 atom stereocenters. The zero-order valence-corrected chi connectivity index (χ0v) is 16.7. The Kier molecular flexibility index (Phi) is 5.21. The van der Waals surface area contributed by atoms with E-state index < -0.39 is 0 Å². The number of aryl methyl sites for hydroxylation is 2. The Bertz CT molecular complexity index is 1060. The molecule has 5 nitrogen and oxygen atoms in total. The number of carbonyl (C=O) groups is 1.